The van der Waals surface area contributed by atoms with Gasteiger partial charge in [0.15, 0.2) is 0 Å². The molecule has 0 unspecified atom stereocenters. The fourth-order valence-electron chi connectivity index (χ4n) is 2.31. The van der Waals surface area contributed by atoms with Crippen molar-refractivity contribution in [1.29, 1.82) is 0 Å². The van der Waals surface area contributed by atoms with E-state index < -0.39 is 0 Å². The molecule has 1 aromatic heterocycles. The van der Waals surface area contributed by atoms with E-state index in [9.17, 15) is 0 Å². The molecule has 20 heavy (non-hydrogen) atoms. The Hall–Kier alpha value is -0.590. The Balaban J connectivity index is 1.59. The van der Waals surface area contributed by atoms with Crippen molar-refractivity contribution in [2.45, 2.75) is 51.2 Å². The zero-order valence-electron chi connectivity index (χ0n) is 12.0. The molecule has 114 valence electrons. The summed E-state index contributed by atoms with van der Waals surface area (Å²) < 4.78 is 7.75. The third kappa shape index (κ3) is 5.81. The molecule has 2 heterocycles. The average molecular weight is 299 g/mol. The molecule has 0 atom stereocenters. The summed E-state index contributed by atoms with van der Waals surface area (Å²) in [5.74, 6) is 2.46. The van der Waals surface area contributed by atoms with Crippen LogP contribution in [0.3, 0.4) is 0 Å². The largest absolute Gasteiger partial charge is 0.396 e. The van der Waals surface area contributed by atoms with E-state index in [1.54, 1.807) is 0 Å². The maximum Gasteiger partial charge on any atom is 0.0827 e. The Kier molecular flexibility index (Phi) is 7.39. The second-order valence-electron chi connectivity index (χ2n) is 5.19. The lowest BCUT2D eigenvalue weighted by atomic mass is 10.2. The molecule has 5 nitrogen and oxygen atoms in total. The number of rotatable bonds is 9. The fourth-order valence-corrected chi connectivity index (χ4v) is 3.38. The number of ether oxygens (including phenoxy) is 1. The van der Waals surface area contributed by atoms with Crippen LogP contribution in [0.15, 0.2) is 6.20 Å². The van der Waals surface area contributed by atoms with Crippen LogP contribution in [-0.4, -0.2) is 50.9 Å². The van der Waals surface area contributed by atoms with Gasteiger partial charge in [0.1, 0.15) is 0 Å². The molecule has 0 amide bonds. The topological polar surface area (TPSA) is 60.2 Å². The van der Waals surface area contributed by atoms with Gasteiger partial charge in [-0.1, -0.05) is 11.6 Å². The summed E-state index contributed by atoms with van der Waals surface area (Å²) in [5.41, 5.74) is 1.04. The van der Waals surface area contributed by atoms with Gasteiger partial charge in [-0.3, -0.25) is 0 Å². The molecule has 0 aromatic carbocycles. The molecule has 0 aliphatic carbocycles. The molecule has 2 rings (SSSR count). The summed E-state index contributed by atoms with van der Waals surface area (Å²) in [7, 11) is 0. The van der Waals surface area contributed by atoms with Gasteiger partial charge >= 0.3 is 0 Å². The molecule has 1 fully saturated rings. The number of hydrogen-bond acceptors (Lipinski definition) is 5. The van der Waals surface area contributed by atoms with Crippen LogP contribution < -0.4 is 0 Å². The first-order valence-electron chi connectivity index (χ1n) is 7.57. The number of aliphatic hydroxyl groups excluding tert-OH is 1. The molecule has 1 saturated heterocycles. The number of aliphatic hydroxyl groups is 1. The van der Waals surface area contributed by atoms with E-state index in [0.717, 1.165) is 44.5 Å². The molecular formula is C14H25N3O2S. The molecule has 0 saturated carbocycles. The number of aryl methyl sites for hydroxylation is 1. The van der Waals surface area contributed by atoms with Gasteiger partial charge in [0, 0.05) is 12.8 Å². The van der Waals surface area contributed by atoms with Gasteiger partial charge in [-0.2, -0.15) is 11.8 Å². The molecule has 0 spiro atoms. The summed E-state index contributed by atoms with van der Waals surface area (Å²) in [5, 5.41) is 17.0. The SMILES string of the molecule is OCCCCCc1cn(CCOC2CCSCC2)nn1. The average Bonchev–Trinajstić information content (AvgIpc) is 2.93. The van der Waals surface area contributed by atoms with Gasteiger partial charge in [0.25, 0.3) is 0 Å². The van der Waals surface area contributed by atoms with Gasteiger partial charge in [0.05, 0.1) is 24.9 Å². The highest BCUT2D eigenvalue weighted by molar-refractivity contribution is 7.99. The van der Waals surface area contributed by atoms with Crippen LogP contribution in [0.4, 0.5) is 0 Å². The lowest BCUT2D eigenvalue weighted by Crippen LogP contribution is -2.21. The highest BCUT2D eigenvalue weighted by Crippen LogP contribution is 2.19. The third-order valence-electron chi connectivity index (χ3n) is 3.52. The molecule has 1 aliphatic rings. The lowest BCUT2D eigenvalue weighted by molar-refractivity contribution is 0.0413. The molecule has 0 bridgehead atoms. The van der Waals surface area contributed by atoms with Crippen LogP contribution in [0.1, 0.15) is 37.8 Å². The zero-order valence-corrected chi connectivity index (χ0v) is 12.9. The molecule has 1 aliphatic heterocycles. The van der Waals surface area contributed by atoms with Crippen molar-refractivity contribution in [2.24, 2.45) is 0 Å². The first kappa shape index (κ1) is 15.8. The maximum absolute atomic E-state index is 8.72. The van der Waals surface area contributed by atoms with Gasteiger partial charge in [-0.05, 0) is 43.6 Å². The number of hydrogen-bond donors (Lipinski definition) is 1. The first-order valence-corrected chi connectivity index (χ1v) is 8.73. The Morgan fingerprint density at radius 3 is 2.95 bits per heavy atom. The van der Waals surface area contributed by atoms with Gasteiger partial charge in [-0.25, -0.2) is 4.68 Å². The second-order valence-corrected chi connectivity index (χ2v) is 6.41. The Bertz CT molecular complexity index is 367. The Morgan fingerprint density at radius 2 is 2.15 bits per heavy atom. The number of thioether (sulfide) groups is 1. The second kappa shape index (κ2) is 9.37. The van der Waals surface area contributed by atoms with Crippen LogP contribution in [-0.2, 0) is 17.7 Å². The fraction of sp³-hybridized carbons (Fsp3) is 0.857. The first-order chi connectivity index (χ1) is 9.88. The van der Waals surface area contributed by atoms with Crippen molar-refractivity contribution >= 4 is 11.8 Å². The summed E-state index contributed by atoms with van der Waals surface area (Å²) in [4.78, 5) is 0. The van der Waals surface area contributed by atoms with Crippen molar-refractivity contribution in [1.82, 2.24) is 15.0 Å². The zero-order chi connectivity index (χ0) is 14.0. The van der Waals surface area contributed by atoms with E-state index >= 15 is 0 Å². The Labute approximate surface area is 125 Å². The van der Waals surface area contributed by atoms with Crippen molar-refractivity contribution in [3.63, 3.8) is 0 Å². The minimum absolute atomic E-state index is 0.281. The van der Waals surface area contributed by atoms with Crippen LogP contribution in [0.5, 0.6) is 0 Å². The van der Waals surface area contributed by atoms with E-state index in [0.29, 0.717) is 6.10 Å². The van der Waals surface area contributed by atoms with Gasteiger partial charge < -0.3 is 9.84 Å². The number of aromatic nitrogens is 3. The van der Waals surface area contributed by atoms with Crippen molar-refractivity contribution in [3.8, 4) is 0 Å². The predicted molar refractivity (Wildman–Crippen MR) is 81.0 cm³/mol. The van der Waals surface area contributed by atoms with Crippen molar-refractivity contribution < 1.29 is 9.84 Å². The molecule has 6 heteroatoms. The van der Waals surface area contributed by atoms with Crippen molar-refractivity contribution in [3.05, 3.63) is 11.9 Å². The summed E-state index contributed by atoms with van der Waals surface area (Å²) in [6.45, 7) is 1.79. The predicted octanol–water partition coefficient (Wildman–Crippen LogP) is 1.90. The van der Waals surface area contributed by atoms with E-state index in [1.165, 1.54) is 24.3 Å². The van der Waals surface area contributed by atoms with Gasteiger partial charge in [0.2, 0.25) is 0 Å². The van der Waals surface area contributed by atoms with Crippen LogP contribution in [0.25, 0.3) is 0 Å². The highest BCUT2D eigenvalue weighted by atomic mass is 32.2. The minimum atomic E-state index is 0.281. The Morgan fingerprint density at radius 1 is 1.30 bits per heavy atom. The standard InChI is InChI=1S/C14H25N3O2S/c18-8-3-1-2-4-13-12-17(16-15-13)7-9-19-14-5-10-20-11-6-14/h12,14,18H,1-11H2. The summed E-state index contributed by atoms with van der Waals surface area (Å²) in [6.07, 6.45) is 8.75. The van der Waals surface area contributed by atoms with Crippen LogP contribution >= 0.6 is 11.8 Å². The van der Waals surface area contributed by atoms with E-state index in [1.807, 2.05) is 22.6 Å². The quantitative estimate of drug-likeness (QED) is 0.706. The monoisotopic (exact) mass is 299 g/mol. The smallest absolute Gasteiger partial charge is 0.0827 e. The van der Waals surface area contributed by atoms with Gasteiger partial charge in [-0.15, -0.1) is 5.10 Å². The lowest BCUT2D eigenvalue weighted by Gasteiger charge is -2.21. The van der Waals surface area contributed by atoms with Crippen LogP contribution in [0.2, 0.25) is 0 Å². The van der Waals surface area contributed by atoms with Crippen LogP contribution in [0, 0.1) is 0 Å². The highest BCUT2D eigenvalue weighted by Gasteiger charge is 2.13. The third-order valence-corrected chi connectivity index (χ3v) is 4.57. The summed E-state index contributed by atoms with van der Waals surface area (Å²) >= 11 is 2.02. The number of nitrogens with zero attached hydrogens (tertiary/aromatic N) is 3. The molecular weight excluding hydrogens is 274 g/mol. The number of unbranched alkanes of at least 4 members (excludes halogenated alkanes) is 2. The van der Waals surface area contributed by atoms with E-state index in [2.05, 4.69) is 10.3 Å². The van der Waals surface area contributed by atoms with E-state index in [-0.39, 0.29) is 6.61 Å². The minimum Gasteiger partial charge on any atom is -0.396 e. The normalized spacial score (nSPS) is 16.6. The van der Waals surface area contributed by atoms with Crippen molar-refractivity contribution in [2.75, 3.05) is 24.7 Å². The molecule has 1 N–H and O–H groups in total. The molecule has 1 aromatic rings. The summed E-state index contributed by atoms with van der Waals surface area (Å²) in [6, 6.07) is 0. The maximum atomic E-state index is 8.72. The molecule has 0 radical (unpaired) electrons. The van der Waals surface area contributed by atoms with E-state index in [4.69, 9.17) is 9.84 Å².